The molecule has 3 aliphatic rings. The van der Waals surface area contributed by atoms with E-state index in [0.29, 0.717) is 16.9 Å². The van der Waals surface area contributed by atoms with Crippen LogP contribution in [0.4, 0.5) is 0 Å². The number of rotatable bonds is 6. The number of aliphatic carboxylic acids is 1. The van der Waals surface area contributed by atoms with Crippen LogP contribution in [-0.2, 0) is 19.1 Å². The minimum Gasteiger partial charge on any atom is -0.543 e. The Morgan fingerprint density at radius 1 is 1.14 bits per heavy atom. The minimum absolute atomic E-state index is 0. The standard InChI is InChI=1S/C27H25NO7.Na/c1-13-19(25(27(32)33)28-24(13)22(14(2)29)26(28)31)12-35-20-10-6-9-17-18(11-21(30)34-3)15-7-4-5-8-16(15)23(17)20;/h4-11,13-14,22,24,29H,12H2,1-3H3,(H,32,33);/q;+1/p-1/b18-11-;/t13-,14?,22?,24?;/m0./s1. The van der Waals surface area contributed by atoms with Gasteiger partial charge in [-0.15, -0.1) is 0 Å². The molecule has 2 aromatic rings. The first-order valence-corrected chi connectivity index (χ1v) is 11.4. The first-order chi connectivity index (χ1) is 16.8. The molecule has 2 heterocycles. The fourth-order valence-corrected chi connectivity index (χ4v) is 5.55. The fourth-order valence-electron chi connectivity index (χ4n) is 5.55. The third-order valence-electron chi connectivity index (χ3n) is 7.16. The van der Waals surface area contributed by atoms with E-state index in [2.05, 4.69) is 0 Å². The third kappa shape index (κ3) is 3.89. The van der Waals surface area contributed by atoms with Gasteiger partial charge < -0.3 is 29.4 Å². The van der Waals surface area contributed by atoms with Crippen molar-refractivity contribution in [1.82, 2.24) is 4.90 Å². The molecule has 0 aromatic heterocycles. The number of esters is 1. The molecule has 5 rings (SSSR count). The second kappa shape index (κ2) is 9.86. The number of ether oxygens (including phenoxy) is 2. The van der Waals surface area contributed by atoms with Gasteiger partial charge in [0.1, 0.15) is 12.4 Å². The molecule has 4 atom stereocenters. The molecule has 180 valence electrons. The molecule has 8 nitrogen and oxygen atoms in total. The van der Waals surface area contributed by atoms with Crippen molar-refractivity contribution in [2.24, 2.45) is 11.8 Å². The van der Waals surface area contributed by atoms with Gasteiger partial charge in [-0.3, -0.25) is 4.79 Å². The van der Waals surface area contributed by atoms with Crippen LogP contribution in [0.3, 0.4) is 0 Å². The number of benzene rings is 2. The van der Waals surface area contributed by atoms with Gasteiger partial charge in [-0.2, -0.15) is 0 Å². The van der Waals surface area contributed by atoms with Gasteiger partial charge >= 0.3 is 35.5 Å². The van der Waals surface area contributed by atoms with Gasteiger partial charge in [0.05, 0.1) is 36.8 Å². The second-order valence-corrected chi connectivity index (χ2v) is 9.01. The smallest absolute Gasteiger partial charge is 0.543 e. The minimum atomic E-state index is -1.44. The van der Waals surface area contributed by atoms with Gasteiger partial charge in [-0.1, -0.05) is 43.3 Å². The molecule has 1 saturated heterocycles. The number of aliphatic hydroxyl groups is 1. The van der Waals surface area contributed by atoms with Crippen LogP contribution < -0.4 is 39.4 Å². The quantitative estimate of drug-likeness (QED) is 0.191. The van der Waals surface area contributed by atoms with E-state index in [9.17, 15) is 24.6 Å². The first kappa shape index (κ1) is 26.2. The number of hydrogen-bond acceptors (Lipinski definition) is 7. The Balaban J connectivity index is 0.00000304. The third-order valence-corrected chi connectivity index (χ3v) is 7.16. The predicted octanol–water partition coefficient (Wildman–Crippen LogP) is -1.48. The van der Waals surface area contributed by atoms with Crippen LogP contribution in [0.15, 0.2) is 59.8 Å². The molecule has 0 spiro atoms. The summed E-state index contributed by atoms with van der Waals surface area (Å²) in [5, 5.41) is 22.0. The van der Waals surface area contributed by atoms with Gasteiger partial charge in [0.15, 0.2) is 0 Å². The van der Waals surface area contributed by atoms with E-state index in [1.165, 1.54) is 25.0 Å². The SMILES string of the molecule is COC(=O)/C=C1/c2ccccc2-c2c(OCC3=C(C(=O)[O-])N4C(=O)C(C(C)O)C4[C@H]3C)cccc21.[Na+]. The van der Waals surface area contributed by atoms with Crippen molar-refractivity contribution in [3.8, 4) is 16.9 Å². The summed E-state index contributed by atoms with van der Waals surface area (Å²) in [7, 11) is 1.32. The molecule has 0 saturated carbocycles. The number of carboxylic acid groups (broad SMARTS) is 1. The van der Waals surface area contributed by atoms with Gasteiger partial charge in [0.2, 0.25) is 5.91 Å². The Kier molecular flexibility index (Phi) is 7.16. The van der Waals surface area contributed by atoms with E-state index >= 15 is 0 Å². The number of methoxy groups -OCH3 is 1. The maximum absolute atomic E-state index is 12.6. The Labute approximate surface area is 230 Å². The zero-order valence-corrected chi connectivity index (χ0v) is 22.5. The van der Waals surface area contributed by atoms with Gasteiger partial charge in [-0.25, -0.2) is 4.79 Å². The van der Waals surface area contributed by atoms with Crippen LogP contribution >= 0.6 is 0 Å². The van der Waals surface area contributed by atoms with Gasteiger partial charge in [0, 0.05) is 17.6 Å². The van der Waals surface area contributed by atoms with Gasteiger partial charge in [-0.05, 0) is 40.8 Å². The fraction of sp³-hybridized carbons (Fsp3) is 0.296. The largest absolute Gasteiger partial charge is 1.00 e. The van der Waals surface area contributed by atoms with Crippen LogP contribution in [0.1, 0.15) is 25.0 Å². The number of hydrogen-bond donors (Lipinski definition) is 1. The number of amides is 1. The Morgan fingerprint density at radius 3 is 2.44 bits per heavy atom. The molecule has 36 heavy (non-hydrogen) atoms. The molecule has 3 unspecified atom stereocenters. The Morgan fingerprint density at radius 2 is 1.81 bits per heavy atom. The van der Waals surface area contributed by atoms with E-state index in [1.807, 2.05) is 37.3 Å². The number of carboxylic acids is 1. The number of fused-ring (bicyclic) bond motifs is 4. The molecule has 1 aliphatic carbocycles. The summed E-state index contributed by atoms with van der Waals surface area (Å²) in [5.74, 6) is -2.79. The molecular formula is C27H24NNaO7. The first-order valence-electron chi connectivity index (χ1n) is 11.4. The van der Waals surface area contributed by atoms with Crippen LogP contribution in [0.5, 0.6) is 5.75 Å². The van der Waals surface area contributed by atoms with Crippen molar-refractivity contribution >= 4 is 23.4 Å². The molecule has 0 bridgehead atoms. The molecule has 1 amide bonds. The van der Waals surface area contributed by atoms with E-state index in [1.54, 1.807) is 12.1 Å². The van der Waals surface area contributed by atoms with E-state index in [4.69, 9.17) is 9.47 Å². The Hall–Kier alpha value is -2.91. The van der Waals surface area contributed by atoms with Crippen LogP contribution in [0.2, 0.25) is 0 Å². The monoisotopic (exact) mass is 497 g/mol. The average Bonchev–Trinajstić information content (AvgIpc) is 3.27. The number of aliphatic hydroxyl groups excluding tert-OH is 1. The number of β-lactam (4-membered cyclic amide) rings is 1. The normalized spacial score (nSPS) is 23.3. The van der Waals surface area contributed by atoms with E-state index in [-0.39, 0.29) is 47.8 Å². The summed E-state index contributed by atoms with van der Waals surface area (Å²) in [4.78, 5) is 37.8. The number of carbonyl (C=O) groups is 3. The van der Waals surface area contributed by atoms with E-state index in [0.717, 1.165) is 22.3 Å². The van der Waals surface area contributed by atoms with E-state index < -0.39 is 35.9 Å². The zero-order chi connectivity index (χ0) is 25.0. The second-order valence-electron chi connectivity index (χ2n) is 9.01. The van der Waals surface area contributed by atoms with Crippen molar-refractivity contribution < 1.29 is 63.6 Å². The summed E-state index contributed by atoms with van der Waals surface area (Å²) in [6.45, 7) is 3.30. The summed E-state index contributed by atoms with van der Waals surface area (Å²) < 4.78 is 11.0. The number of nitrogens with zero attached hydrogens (tertiary/aromatic N) is 1. The van der Waals surface area contributed by atoms with Crippen molar-refractivity contribution in [3.05, 3.63) is 70.9 Å². The van der Waals surface area contributed by atoms with Crippen molar-refractivity contribution in [3.63, 3.8) is 0 Å². The Bertz CT molecular complexity index is 1330. The molecule has 1 fully saturated rings. The molecule has 1 N–H and O–H groups in total. The number of carbonyl (C=O) groups excluding carboxylic acids is 3. The summed E-state index contributed by atoms with van der Waals surface area (Å²) in [6, 6.07) is 12.7. The molecule has 2 aromatic carbocycles. The molecular weight excluding hydrogens is 473 g/mol. The summed E-state index contributed by atoms with van der Waals surface area (Å²) in [5.41, 5.74) is 4.32. The predicted molar refractivity (Wildman–Crippen MR) is 123 cm³/mol. The zero-order valence-electron chi connectivity index (χ0n) is 20.5. The van der Waals surface area contributed by atoms with Crippen LogP contribution in [0, 0.1) is 11.8 Å². The topological polar surface area (TPSA) is 116 Å². The molecule has 9 heteroatoms. The van der Waals surface area contributed by atoms with Crippen molar-refractivity contribution in [2.75, 3.05) is 13.7 Å². The maximum Gasteiger partial charge on any atom is 1.00 e. The molecule has 0 radical (unpaired) electrons. The van der Waals surface area contributed by atoms with Gasteiger partial charge in [0.25, 0.3) is 0 Å². The summed E-state index contributed by atoms with van der Waals surface area (Å²) in [6.07, 6.45) is 0.556. The summed E-state index contributed by atoms with van der Waals surface area (Å²) >= 11 is 0. The molecule has 2 aliphatic heterocycles. The van der Waals surface area contributed by atoms with Crippen molar-refractivity contribution in [1.29, 1.82) is 0 Å². The van der Waals surface area contributed by atoms with Crippen LogP contribution in [-0.4, -0.2) is 53.7 Å². The van der Waals surface area contributed by atoms with Crippen molar-refractivity contribution in [2.45, 2.75) is 26.0 Å². The van der Waals surface area contributed by atoms with Crippen LogP contribution in [0.25, 0.3) is 16.7 Å². The average molecular weight is 497 g/mol. The maximum atomic E-state index is 12.6.